The second-order valence-electron chi connectivity index (χ2n) is 4.71. The van der Waals surface area contributed by atoms with Crippen LogP contribution < -0.4 is 18.9 Å². The molecule has 0 amide bonds. The van der Waals surface area contributed by atoms with Gasteiger partial charge in [0.15, 0.2) is 0 Å². The Morgan fingerprint density at radius 1 is 1.12 bits per heavy atom. The van der Waals surface area contributed by atoms with Gasteiger partial charge in [-0.25, -0.2) is 0 Å². The zero-order valence-corrected chi connectivity index (χ0v) is 10.3. The Hall–Kier alpha value is -0.393. The van der Waals surface area contributed by atoms with Crippen LogP contribution in [0.4, 0.5) is 13.2 Å². The van der Waals surface area contributed by atoms with Crippen molar-refractivity contribution >= 4 is 0 Å². The van der Waals surface area contributed by atoms with E-state index in [1.54, 1.807) is 33.8 Å². The van der Waals surface area contributed by atoms with Gasteiger partial charge in [0.05, 0.1) is 0 Å². The molecule has 0 saturated heterocycles. The van der Waals surface area contributed by atoms with E-state index in [0.29, 0.717) is 5.56 Å². The van der Waals surface area contributed by atoms with Crippen LogP contribution in [0.1, 0.15) is 37.5 Å². The Kier molecular flexibility index (Phi) is 4.73. The average molecular weight is 222 g/mol. The molecule has 0 aromatic heterocycles. The van der Waals surface area contributed by atoms with Crippen molar-refractivity contribution in [1.82, 2.24) is 0 Å². The molecule has 0 spiro atoms. The predicted octanol–water partition coefficient (Wildman–Crippen LogP) is 1.12. The van der Waals surface area contributed by atoms with E-state index in [1.807, 2.05) is 0 Å². The third-order valence-electron chi connectivity index (χ3n) is 2.18. The molecular weight excluding hydrogens is 208 g/mol. The van der Waals surface area contributed by atoms with Crippen LogP contribution in [0.5, 0.6) is 0 Å². The van der Waals surface area contributed by atoms with Gasteiger partial charge >= 0.3 is 25.0 Å². The van der Waals surface area contributed by atoms with E-state index in [9.17, 15) is 13.2 Å². The number of hydrogen-bond acceptors (Lipinski definition) is 0. The summed E-state index contributed by atoms with van der Waals surface area (Å²) in [5.74, 6) is 0. The molecule has 84 valence electrons. The molecule has 1 aromatic rings. The van der Waals surface area contributed by atoms with Gasteiger partial charge in [-0.1, -0.05) is 38.7 Å². The molecule has 0 atom stereocenters. The largest absolute Gasteiger partial charge is 1.00 e. The fourth-order valence-electron chi connectivity index (χ4n) is 1.43. The maximum absolute atomic E-state index is 12.7. The summed E-state index contributed by atoms with van der Waals surface area (Å²) in [7, 11) is 0. The summed E-state index contributed by atoms with van der Waals surface area (Å²) in [4.78, 5) is 0. The smallest absolute Gasteiger partial charge is 0.173 e. The van der Waals surface area contributed by atoms with Crippen LogP contribution in [0.25, 0.3) is 0 Å². The number of alkyl halides is 3. The van der Waals surface area contributed by atoms with E-state index in [4.69, 9.17) is 0 Å². The van der Waals surface area contributed by atoms with E-state index in [2.05, 4.69) is 6.07 Å². The standard InChI is InChI=1S/C12H14F3.Li/c1-8-5-6-9(12(13,14)15)10(7-8)11(2,3)4;/h5,7H,1-4H3;/q-1;+1. The van der Waals surface area contributed by atoms with Gasteiger partial charge in [-0.05, 0) is 0 Å². The number of aryl methyl sites for hydroxylation is 1. The fourth-order valence-corrected chi connectivity index (χ4v) is 1.43. The molecule has 0 saturated carbocycles. The van der Waals surface area contributed by atoms with Crippen LogP contribution in [0.3, 0.4) is 0 Å². The Morgan fingerprint density at radius 3 is 2.00 bits per heavy atom. The molecular formula is C12H14F3Li. The molecule has 0 aliphatic rings. The molecule has 0 unspecified atom stereocenters. The predicted molar refractivity (Wildman–Crippen MR) is 53.7 cm³/mol. The Morgan fingerprint density at radius 2 is 1.62 bits per heavy atom. The molecule has 0 N–H and O–H groups in total. The minimum absolute atomic E-state index is 0. The van der Waals surface area contributed by atoms with Gasteiger partial charge in [0.1, 0.15) is 0 Å². The third-order valence-corrected chi connectivity index (χ3v) is 2.18. The molecule has 0 aliphatic carbocycles. The number of rotatable bonds is 0. The van der Waals surface area contributed by atoms with Gasteiger partial charge in [-0.3, -0.25) is 0 Å². The van der Waals surface area contributed by atoms with Crippen molar-refractivity contribution in [2.24, 2.45) is 0 Å². The van der Waals surface area contributed by atoms with E-state index in [1.165, 1.54) is 6.07 Å². The third kappa shape index (κ3) is 3.57. The minimum atomic E-state index is -4.32. The molecule has 0 radical (unpaired) electrons. The molecule has 0 fully saturated rings. The molecule has 0 nitrogen and oxygen atoms in total. The minimum Gasteiger partial charge on any atom is -0.173 e. The van der Waals surface area contributed by atoms with Gasteiger partial charge in [0, 0.05) is 0 Å². The first-order valence-corrected chi connectivity index (χ1v) is 4.72. The Labute approximate surface area is 106 Å². The van der Waals surface area contributed by atoms with Crippen LogP contribution >= 0.6 is 0 Å². The number of benzene rings is 1. The maximum Gasteiger partial charge on any atom is 1.00 e. The Balaban J connectivity index is 0.00000225. The van der Waals surface area contributed by atoms with E-state index >= 15 is 0 Å². The van der Waals surface area contributed by atoms with Crippen LogP contribution in [0.2, 0.25) is 0 Å². The average Bonchev–Trinajstić information content (AvgIpc) is 2.00. The molecule has 16 heavy (non-hydrogen) atoms. The van der Waals surface area contributed by atoms with E-state index < -0.39 is 17.2 Å². The summed E-state index contributed by atoms with van der Waals surface area (Å²) in [6, 6.07) is 5.28. The summed E-state index contributed by atoms with van der Waals surface area (Å²) < 4.78 is 38.0. The van der Waals surface area contributed by atoms with Crippen molar-refractivity contribution in [3.8, 4) is 0 Å². The Bertz CT molecular complexity index is 362. The van der Waals surface area contributed by atoms with Crippen LogP contribution in [0.15, 0.2) is 12.1 Å². The zero-order valence-electron chi connectivity index (χ0n) is 10.3. The summed E-state index contributed by atoms with van der Waals surface area (Å²) in [6.07, 6.45) is -4.32. The summed E-state index contributed by atoms with van der Waals surface area (Å²) >= 11 is 0. The molecule has 1 rings (SSSR count). The van der Waals surface area contributed by atoms with Crippen LogP contribution in [-0.4, -0.2) is 0 Å². The second kappa shape index (κ2) is 4.85. The van der Waals surface area contributed by atoms with Crippen molar-refractivity contribution in [1.29, 1.82) is 0 Å². The number of hydrogen-bond donors (Lipinski definition) is 0. The van der Waals surface area contributed by atoms with Gasteiger partial charge in [0.25, 0.3) is 0 Å². The van der Waals surface area contributed by atoms with Crippen molar-refractivity contribution in [2.45, 2.75) is 39.3 Å². The van der Waals surface area contributed by atoms with Crippen molar-refractivity contribution in [3.05, 3.63) is 34.9 Å². The van der Waals surface area contributed by atoms with Crippen molar-refractivity contribution < 1.29 is 32.0 Å². The molecule has 0 bridgehead atoms. The molecule has 1 aromatic carbocycles. The normalized spacial score (nSPS) is 12.2. The first kappa shape index (κ1) is 15.6. The first-order chi connectivity index (χ1) is 6.62. The quantitative estimate of drug-likeness (QED) is 0.456. The molecule has 0 aliphatic heterocycles. The van der Waals surface area contributed by atoms with Gasteiger partial charge < -0.3 is 0 Å². The zero-order chi connectivity index (χ0) is 11.9. The summed E-state index contributed by atoms with van der Waals surface area (Å²) in [5, 5.41) is 0. The van der Waals surface area contributed by atoms with Gasteiger partial charge in [-0.15, -0.1) is 5.56 Å². The van der Waals surface area contributed by atoms with Gasteiger partial charge in [-0.2, -0.15) is 36.9 Å². The first-order valence-electron chi connectivity index (χ1n) is 4.72. The van der Waals surface area contributed by atoms with Crippen LogP contribution in [-0.2, 0) is 11.6 Å². The van der Waals surface area contributed by atoms with E-state index in [-0.39, 0.29) is 18.9 Å². The maximum atomic E-state index is 12.7. The second-order valence-corrected chi connectivity index (χ2v) is 4.71. The van der Waals surface area contributed by atoms with Crippen molar-refractivity contribution in [2.75, 3.05) is 0 Å². The van der Waals surface area contributed by atoms with E-state index in [0.717, 1.165) is 5.56 Å². The summed E-state index contributed by atoms with van der Waals surface area (Å²) in [5.41, 5.74) is -0.0728. The molecule has 0 heterocycles. The monoisotopic (exact) mass is 222 g/mol. The number of halogens is 3. The fraction of sp³-hybridized carbons (Fsp3) is 0.500. The van der Waals surface area contributed by atoms with Crippen LogP contribution in [0, 0.1) is 13.0 Å². The topological polar surface area (TPSA) is 0 Å². The van der Waals surface area contributed by atoms with Crippen molar-refractivity contribution in [3.63, 3.8) is 0 Å². The molecule has 4 heteroatoms. The van der Waals surface area contributed by atoms with Gasteiger partial charge in [0.2, 0.25) is 0 Å². The summed E-state index contributed by atoms with van der Waals surface area (Å²) in [6.45, 7) is 7.08. The SMILES string of the molecule is Cc1c[c-]c(C(F)(F)F)c(C(C)(C)C)c1.[Li+].